The number of aliphatic hydroxyl groups is 2. The van der Waals surface area contributed by atoms with Crippen molar-refractivity contribution in [1.82, 2.24) is 0 Å². The van der Waals surface area contributed by atoms with Crippen LogP contribution in [0.15, 0.2) is 12.2 Å². The van der Waals surface area contributed by atoms with Crippen molar-refractivity contribution in [3.63, 3.8) is 0 Å². The van der Waals surface area contributed by atoms with Gasteiger partial charge in [-0.15, -0.1) is 0 Å². The lowest BCUT2D eigenvalue weighted by Gasteiger charge is -2.23. The number of carbonyl (C=O) groups is 2. The Labute approximate surface area is 113 Å². The lowest BCUT2D eigenvalue weighted by atomic mass is 10.3. The molecule has 0 radical (unpaired) electrons. The van der Waals surface area contributed by atoms with Crippen LogP contribution in [0, 0.1) is 0 Å². The van der Waals surface area contributed by atoms with Crippen LogP contribution in [0.25, 0.3) is 0 Å². The zero-order valence-electron chi connectivity index (χ0n) is 11.4. The molecule has 110 valence electrons. The van der Waals surface area contributed by atoms with Gasteiger partial charge in [0, 0.05) is 25.5 Å². The van der Waals surface area contributed by atoms with Crippen LogP contribution in [0.1, 0.15) is 46.0 Å². The lowest BCUT2D eigenvalue weighted by Crippen LogP contribution is -2.38. The van der Waals surface area contributed by atoms with Gasteiger partial charge >= 0.3 is 17.9 Å². The summed E-state index contributed by atoms with van der Waals surface area (Å²) >= 11 is 0. The highest BCUT2D eigenvalue weighted by molar-refractivity contribution is 5.72. The molecule has 0 saturated carbocycles. The van der Waals surface area contributed by atoms with E-state index >= 15 is 0 Å². The minimum atomic E-state index is -2.40. The van der Waals surface area contributed by atoms with E-state index in [1.165, 1.54) is 6.08 Å². The molecule has 6 heteroatoms. The van der Waals surface area contributed by atoms with Gasteiger partial charge < -0.3 is 19.7 Å². The summed E-state index contributed by atoms with van der Waals surface area (Å²) in [5.41, 5.74) is 0. The Morgan fingerprint density at radius 1 is 1.11 bits per heavy atom. The zero-order chi connectivity index (χ0) is 14.7. The van der Waals surface area contributed by atoms with Crippen LogP contribution in [0.3, 0.4) is 0 Å². The van der Waals surface area contributed by atoms with Gasteiger partial charge in [0.15, 0.2) is 0 Å². The Morgan fingerprint density at radius 3 is 1.95 bits per heavy atom. The van der Waals surface area contributed by atoms with E-state index in [9.17, 15) is 14.7 Å². The number of esters is 2. The van der Waals surface area contributed by atoms with Crippen molar-refractivity contribution in [2.24, 2.45) is 0 Å². The predicted molar refractivity (Wildman–Crippen MR) is 67.8 cm³/mol. The third-order valence-electron chi connectivity index (χ3n) is 2.05. The van der Waals surface area contributed by atoms with Gasteiger partial charge in [-0.25, -0.2) is 0 Å². The van der Waals surface area contributed by atoms with E-state index in [0.29, 0.717) is 12.8 Å². The molecule has 0 saturated heterocycles. The summed E-state index contributed by atoms with van der Waals surface area (Å²) < 4.78 is 9.49. The average Bonchev–Trinajstić information content (AvgIpc) is 2.29. The number of ether oxygens (including phenoxy) is 2. The van der Waals surface area contributed by atoms with E-state index in [2.05, 4.69) is 0 Å². The summed E-state index contributed by atoms with van der Waals surface area (Å²) in [5, 5.41) is 18.6. The van der Waals surface area contributed by atoms with Gasteiger partial charge in [0.1, 0.15) is 0 Å². The van der Waals surface area contributed by atoms with Gasteiger partial charge in [-0.05, 0) is 19.3 Å². The molecule has 0 atom stereocenters. The summed E-state index contributed by atoms with van der Waals surface area (Å²) in [7, 11) is 0. The minimum absolute atomic E-state index is 0.113. The summed E-state index contributed by atoms with van der Waals surface area (Å²) in [6.07, 6.45) is 4.00. The van der Waals surface area contributed by atoms with Crippen molar-refractivity contribution < 1.29 is 29.3 Å². The third-order valence-corrected chi connectivity index (χ3v) is 2.05. The van der Waals surface area contributed by atoms with Crippen molar-refractivity contribution in [3.8, 4) is 0 Å². The quantitative estimate of drug-likeness (QED) is 0.373. The number of carbonyl (C=O) groups excluding carboxylic acids is 2. The van der Waals surface area contributed by atoms with Crippen LogP contribution in [0.4, 0.5) is 0 Å². The first-order valence-corrected chi connectivity index (χ1v) is 6.42. The second-order valence-corrected chi connectivity index (χ2v) is 3.99. The van der Waals surface area contributed by atoms with E-state index in [0.717, 1.165) is 6.08 Å². The molecule has 0 aromatic carbocycles. The molecular weight excluding hydrogens is 252 g/mol. The number of hydrogen-bond acceptors (Lipinski definition) is 6. The van der Waals surface area contributed by atoms with Crippen LogP contribution >= 0.6 is 0 Å². The van der Waals surface area contributed by atoms with Gasteiger partial charge in [0.25, 0.3) is 0 Å². The van der Waals surface area contributed by atoms with Gasteiger partial charge in [-0.3, -0.25) is 9.59 Å². The zero-order valence-corrected chi connectivity index (χ0v) is 11.4. The summed E-state index contributed by atoms with van der Waals surface area (Å²) in [6.45, 7) is 3.44. The first-order valence-electron chi connectivity index (χ1n) is 6.42. The van der Waals surface area contributed by atoms with Crippen LogP contribution in [-0.2, 0) is 19.1 Å². The van der Waals surface area contributed by atoms with Gasteiger partial charge in [-0.2, -0.15) is 0 Å². The molecular formula is C13H22O6. The summed E-state index contributed by atoms with van der Waals surface area (Å²) in [4.78, 5) is 22.7. The summed E-state index contributed by atoms with van der Waals surface area (Å²) in [6, 6.07) is 0. The molecule has 2 N–H and O–H groups in total. The van der Waals surface area contributed by atoms with Gasteiger partial charge in [0.2, 0.25) is 0 Å². The third kappa shape index (κ3) is 8.34. The average molecular weight is 274 g/mol. The lowest BCUT2D eigenvalue weighted by molar-refractivity contribution is -0.296. The normalized spacial score (nSPS) is 11.6. The molecule has 0 aromatic heterocycles. The minimum Gasteiger partial charge on any atom is -0.396 e. The number of hydrogen-bond donors (Lipinski definition) is 2. The standard InChI is InChI=1S/C13H22O6/c1-3-7-11(15)18-13(17,9-5-6-10-14)19-12(16)8-4-2/h5,9,14,17H,3-4,6-8,10H2,1-2H3/b9-5+. The monoisotopic (exact) mass is 274 g/mol. The first-order chi connectivity index (χ1) is 8.97. The van der Waals surface area contributed by atoms with Crippen LogP contribution in [0.2, 0.25) is 0 Å². The van der Waals surface area contributed by atoms with E-state index in [-0.39, 0.29) is 25.9 Å². The van der Waals surface area contributed by atoms with Crippen LogP contribution in [-0.4, -0.2) is 34.7 Å². The van der Waals surface area contributed by atoms with Crippen molar-refractivity contribution in [3.05, 3.63) is 12.2 Å². The smallest absolute Gasteiger partial charge is 0.395 e. The van der Waals surface area contributed by atoms with Crippen molar-refractivity contribution in [2.45, 2.75) is 51.9 Å². The second-order valence-electron chi connectivity index (χ2n) is 3.99. The molecule has 0 unspecified atom stereocenters. The molecule has 0 rings (SSSR count). The highest BCUT2D eigenvalue weighted by atomic mass is 16.8. The fourth-order valence-electron chi connectivity index (χ4n) is 1.23. The van der Waals surface area contributed by atoms with Gasteiger partial charge in [0.05, 0.1) is 0 Å². The Bertz CT molecular complexity index is 290. The topological polar surface area (TPSA) is 93.1 Å². The SMILES string of the molecule is CCCC(=O)OC(O)(/C=C/CCO)OC(=O)CCC. The molecule has 0 heterocycles. The maximum atomic E-state index is 11.4. The maximum Gasteiger partial charge on any atom is 0.395 e. The Hall–Kier alpha value is -1.40. The Balaban J connectivity index is 4.69. The van der Waals surface area contributed by atoms with Crippen LogP contribution in [0.5, 0.6) is 0 Å². The highest BCUT2D eigenvalue weighted by Crippen LogP contribution is 2.15. The van der Waals surface area contributed by atoms with E-state index in [1.807, 2.05) is 0 Å². The predicted octanol–water partition coefficient (Wildman–Crippen LogP) is 1.26. The van der Waals surface area contributed by atoms with Crippen molar-refractivity contribution >= 4 is 11.9 Å². The first kappa shape index (κ1) is 17.6. The van der Waals surface area contributed by atoms with E-state index in [4.69, 9.17) is 14.6 Å². The molecule has 19 heavy (non-hydrogen) atoms. The molecule has 0 amide bonds. The molecule has 0 fully saturated rings. The van der Waals surface area contributed by atoms with Crippen molar-refractivity contribution in [2.75, 3.05) is 6.61 Å². The molecule has 0 spiro atoms. The highest BCUT2D eigenvalue weighted by Gasteiger charge is 2.33. The molecule has 0 aliphatic heterocycles. The second kappa shape index (κ2) is 9.52. The van der Waals surface area contributed by atoms with Crippen molar-refractivity contribution in [1.29, 1.82) is 0 Å². The number of aliphatic hydroxyl groups excluding tert-OH is 1. The van der Waals surface area contributed by atoms with Crippen LogP contribution < -0.4 is 0 Å². The fourth-order valence-corrected chi connectivity index (χ4v) is 1.23. The largest absolute Gasteiger partial charge is 0.396 e. The Kier molecular flexibility index (Phi) is 8.82. The van der Waals surface area contributed by atoms with E-state index < -0.39 is 17.9 Å². The van der Waals surface area contributed by atoms with Gasteiger partial charge in [-0.1, -0.05) is 19.9 Å². The Morgan fingerprint density at radius 2 is 1.58 bits per heavy atom. The summed E-state index contributed by atoms with van der Waals surface area (Å²) in [5.74, 6) is -3.72. The maximum absolute atomic E-state index is 11.4. The molecule has 0 aromatic rings. The van der Waals surface area contributed by atoms with E-state index in [1.54, 1.807) is 13.8 Å². The molecule has 0 aliphatic carbocycles. The fraction of sp³-hybridized carbons (Fsp3) is 0.692. The molecule has 0 aliphatic rings. The molecule has 6 nitrogen and oxygen atoms in total. The number of rotatable bonds is 9. The molecule has 0 bridgehead atoms.